The van der Waals surface area contributed by atoms with Crippen molar-refractivity contribution in [1.29, 1.82) is 0 Å². The number of halogens is 1. The van der Waals surface area contributed by atoms with E-state index in [9.17, 15) is 0 Å². The molecule has 0 heterocycles. The predicted octanol–water partition coefficient (Wildman–Crippen LogP) is 3.52. The van der Waals surface area contributed by atoms with Gasteiger partial charge in [0.2, 0.25) is 0 Å². The highest BCUT2D eigenvalue weighted by atomic mass is 79.9. The summed E-state index contributed by atoms with van der Waals surface area (Å²) in [6, 6.07) is 4.37. The van der Waals surface area contributed by atoms with E-state index in [1.54, 1.807) is 0 Å². The van der Waals surface area contributed by atoms with Crippen LogP contribution in [-0.2, 0) is 0 Å². The molecule has 0 aliphatic carbocycles. The minimum Gasteiger partial charge on any atom is -0.330 e. The molecule has 14 heavy (non-hydrogen) atoms. The molecule has 0 bridgehead atoms. The first-order chi connectivity index (χ1) is 6.56. The van der Waals surface area contributed by atoms with Crippen molar-refractivity contribution < 1.29 is 0 Å². The minimum atomic E-state index is 0.552. The molecule has 0 spiro atoms. The standard InChI is InChI=1S/C12H18BrN/c1-8(4-5-14)12-7-11(13)6-9(2)10(12)3/h6-8H,4-5,14H2,1-3H3. The molecule has 0 fully saturated rings. The Labute approximate surface area is 94.8 Å². The van der Waals surface area contributed by atoms with E-state index in [-0.39, 0.29) is 0 Å². The third kappa shape index (κ3) is 2.58. The number of aryl methyl sites for hydroxylation is 1. The van der Waals surface area contributed by atoms with Crippen LogP contribution in [0.25, 0.3) is 0 Å². The van der Waals surface area contributed by atoms with E-state index in [0.29, 0.717) is 5.92 Å². The number of nitrogens with two attached hydrogens (primary N) is 1. The monoisotopic (exact) mass is 255 g/mol. The SMILES string of the molecule is Cc1cc(Br)cc(C(C)CCN)c1C. The summed E-state index contributed by atoms with van der Waals surface area (Å²) in [7, 11) is 0. The van der Waals surface area contributed by atoms with Crippen molar-refractivity contribution in [2.45, 2.75) is 33.1 Å². The zero-order valence-electron chi connectivity index (χ0n) is 9.10. The third-order valence-electron chi connectivity index (χ3n) is 2.80. The summed E-state index contributed by atoms with van der Waals surface area (Å²) in [6.45, 7) is 7.33. The molecule has 2 N–H and O–H groups in total. The molecule has 0 saturated carbocycles. The normalized spacial score (nSPS) is 12.9. The van der Waals surface area contributed by atoms with Crippen molar-refractivity contribution in [2.24, 2.45) is 5.73 Å². The molecular weight excluding hydrogens is 238 g/mol. The Morgan fingerprint density at radius 1 is 1.36 bits per heavy atom. The molecule has 0 aliphatic rings. The second-order valence-electron chi connectivity index (χ2n) is 3.92. The molecule has 1 aromatic carbocycles. The molecule has 1 aromatic rings. The quantitative estimate of drug-likeness (QED) is 0.879. The van der Waals surface area contributed by atoms with Gasteiger partial charge in [0.15, 0.2) is 0 Å². The third-order valence-corrected chi connectivity index (χ3v) is 3.26. The van der Waals surface area contributed by atoms with Crippen LogP contribution in [0.3, 0.4) is 0 Å². The van der Waals surface area contributed by atoms with Crippen molar-refractivity contribution in [3.63, 3.8) is 0 Å². The lowest BCUT2D eigenvalue weighted by Gasteiger charge is -2.16. The molecule has 1 rings (SSSR count). The average molecular weight is 256 g/mol. The number of rotatable bonds is 3. The van der Waals surface area contributed by atoms with Gasteiger partial charge in [-0.15, -0.1) is 0 Å². The highest BCUT2D eigenvalue weighted by Gasteiger charge is 2.10. The summed E-state index contributed by atoms with van der Waals surface area (Å²) < 4.78 is 1.17. The van der Waals surface area contributed by atoms with Gasteiger partial charge in [0.25, 0.3) is 0 Å². The van der Waals surface area contributed by atoms with Crippen LogP contribution < -0.4 is 5.73 Å². The molecule has 2 heteroatoms. The second kappa shape index (κ2) is 4.94. The largest absolute Gasteiger partial charge is 0.330 e. The van der Waals surface area contributed by atoms with Crippen LogP contribution in [0.5, 0.6) is 0 Å². The maximum atomic E-state index is 5.58. The summed E-state index contributed by atoms with van der Waals surface area (Å²) in [4.78, 5) is 0. The maximum Gasteiger partial charge on any atom is 0.0180 e. The molecule has 1 unspecified atom stereocenters. The van der Waals surface area contributed by atoms with Gasteiger partial charge in [-0.1, -0.05) is 22.9 Å². The van der Waals surface area contributed by atoms with Crippen LogP contribution in [-0.4, -0.2) is 6.54 Å². The number of hydrogen-bond acceptors (Lipinski definition) is 1. The topological polar surface area (TPSA) is 26.0 Å². The van der Waals surface area contributed by atoms with Gasteiger partial charge in [0.05, 0.1) is 0 Å². The molecule has 0 radical (unpaired) electrons. The van der Waals surface area contributed by atoms with Crippen LogP contribution in [0.4, 0.5) is 0 Å². The molecule has 0 aromatic heterocycles. The van der Waals surface area contributed by atoms with Crippen molar-refractivity contribution in [3.05, 3.63) is 33.3 Å². The van der Waals surface area contributed by atoms with Gasteiger partial charge in [-0.2, -0.15) is 0 Å². The summed E-state index contributed by atoms with van der Waals surface area (Å²) in [5.74, 6) is 0.552. The fourth-order valence-corrected chi connectivity index (χ4v) is 2.35. The van der Waals surface area contributed by atoms with Gasteiger partial charge >= 0.3 is 0 Å². The Morgan fingerprint density at radius 2 is 2.00 bits per heavy atom. The first kappa shape index (κ1) is 11.7. The Bertz CT molecular complexity index is 320. The van der Waals surface area contributed by atoms with Crippen molar-refractivity contribution >= 4 is 15.9 Å². The lowest BCUT2D eigenvalue weighted by molar-refractivity contribution is 0.685. The van der Waals surface area contributed by atoms with Crippen molar-refractivity contribution in [1.82, 2.24) is 0 Å². The summed E-state index contributed by atoms with van der Waals surface area (Å²) in [5.41, 5.74) is 9.74. The Kier molecular flexibility index (Phi) is 4.14. The van der Waals surface area contributed by atoms with E-state index in [4.69, 9.17) is 5.73 Å². The molecule has 1 atom stereocenters. The van der Waals surface area contributed by atoms with Crippen LogP contribution in [0, 0.1) is 13.8 Å². The highest BCUT2D eigenvalue weighted by Crippen LogP contribution is 2.28. The fraction of sp³-hybridized carbons (Fsp3) is 0.500. The lowest BCUT2D eigenvalue weighted by atomic mass is 9.91. The lowest BCUT2D eigenvalue weighted by Crippen LogP contribution is -2.06. The van der Waals surface area contributed by atoms with Crippen LogP contribution in [0.1, 0.15) is 36.0 Å². The number of hydrogen-bond donors (Lipinski definition) is 1. The molecule has 0 aliphatic heterocycles. The van der Waals surface area contributed by atoms with Gasteiger partial charge < -0.3 is 5.73 Å². The van der Waals surface area contributed by atoms with Gasteiger partial charge in [-0.05, 0) is 61.6 Å². The Balaban J connectivity index is 3.07. The van der Waals surface area contributed by atoms with Gasteiger partial charge in [-0.25, -0.2) is 0 Å². The predicted molar refractivity (Wildman–Crippen MR) is 65.7 cm³/mol. The van der Waals surface area contributed by atoms with Gasteiger partial charge in [-0.3, -0.25) is 0 Å². The van der Waals surface area contributed by atoms with Crippen molar-refractivity contribution in [3.8, 4) is 0 Å². The van der Waals surface area contributed by atoms with E-state index in [1.165, 1.54) is 21.2 Å². The number of benzene rings is 1. The first-order valence-electron chi connectivity index (χ1n) is 5.03. The summed E-state index contributed by atoms with van der Waals surface area (Å²) in [5, 5.41) is 0. The van der Waals surface area contributed by atoms with E-state index in [1.807, 2.05) is 0 Å². The van der Waals surface area contributed by atoms with Crippen LogP contribution in [0.2, 0.25) is 0 Å². The first-order valence-corrected chi connectivity index (χ1v) is 5.82. The minimum absolute atomic E-state index is 0.552. The fourth-order valence-electron chi connectivity index (χ4n) is 1.76. The second-order valence-corrected chi connectivity index (χ2v) is 4.83. The highest BCUT2D eigenvalue weighted by molar-refractivity contribution is 9.10. The van der Waals surface area contributed by atoms with Crippen LogP contribution in [0.15, 0.2) is 16.6 Å². The Hall–Kier alpha value is -0.340. The van der Waals surface area contributed by atoms with Gasteiger partial charge in [0.1, 0.15) is 0 Å². The maximum absolute atomic E-state index is 5.58. The molecule has 78 valence electrons. The zero-order valence-corrected chi connectivity index (χ0v) is 10.7. The molecule has 0 amide bonds. The molecule has 1 nitrogen and oxygen atoms in total. The molecule has 0 saturated heterocycles. The van der Waals surface area contributed by atoms with Gasteiger partial charge in [0, 0.05) is 4.47 Å². The van der Waals surface area contributed by atoms with E-state index < -0.39 is 0 Å². The van der Waals surface area contributed by atoms with Crippen molar-refractivity contribution in [2.75, 3.05) is 6.54 Å². The summed E-state index contributed by atoms with van der Waals surface area (Å²) in [6.07, 6.45) is 1.05. The molecular formula is C12H18BrN. The van der Waals surface area contributed by atoms with E-state index in [2.05, 4.69) is 48.8 Å². The smallest absolute Gasteiger partial charge is 0.0180 e. The zero-order chi connectivity index (χ0) is 10.7. The Morgan fingerprint density at radius 3 is 2.57 bits per heavy atom. The van der Waals surface area contributed by atoms with Crippen LogP contribution >= 0.6 is 15.9 Å². The van der Waals surface area contributed by atoms with E-state index in [0.717, 1.165) is 13.0 Å². The summed E-state index contributed by atoms with van der Waals surface area (Å²) >= 11 is 3.54. The average Bonchev–Trinajstić information content (AvgIpc) is 2.11. The van der Waals surface area contributed by atoms with E-state index >= 15 is 0 Å².